The lowest BCUT2D eigenvalue weighted by molar-refractivity contribution is 0.0471. The Balaban J connectivity index is 1.67. The number of ketones is 1. The van der Waals surface area contributed by atoms with Gasteiger partial charge in [-0.1, -0.05) is 0 Å². The number of hydrogen-bond donors (Lipinski definition) is 0. The lowest BCUT2D eigenvalue weighted by atomic mass is 10.1. The van der Waals surface area contributed by atoms with Crippen molar-refractivity contribution in [3.05, 3.63) is 47.5 Å². The molecule has 2 aromatic rings. The first-order valence-corrected chi connectivity index (χ1v) is 8.44. The van der Waals surface area contributed by atoms with Crippen LogP contribution in [-0.4, -0.2) is 45.8 Å². The smallest absolute Gasteiger partial charge is 0.342 e. The van der Waals surface area contributed by atoms with Gasteiger partial charge in [0.1, 0.15) is 17.1 Å². The molecule has 1 aliphatic rings. The van der Waals surface area contributed by atoms with Gasteiger partial charge in [0.2, 0.25) is 0 Å². The van der Waals surface area contributed by atoms with Gasteiger partial charge in [-0.05, 0) is 30.3 Å². The van der Waals surface area contributed by atoms with Gasteiger partial charge in [-0.15, -0.1) is 0 Å². The van der Waals surface area contributed by atoms with Gasteiger partial charge in [-0.2, -0.15) is 0 Å². The number of carbonyl (C=O) groups excluding carboxylic acids is 2. The van der Waals surface area contributed by atoms with E-state index in [9.17, 15) is 9.59 Å². The molecule has 0 radical (unpaired) electrons. The highest BCUT2D eigenvalue weighted by atomic mass is 16.5. The van der Waals surface area contributed by atoms with Gasteiger partial charge in [0.05, 0.1) is 27.4 Å². The summed E-state index contributed by atoms with van der Waals surface area (Å²) in [6.45, 7) is 0.701. The summed E-state index contributed by atoms with van der Waals surface area (Å²) in [5.74, 6) is 0.975. The van der Waals surface area contributed by atoms with Crippen molar-refractivity contribution in [3.63, 3.8) is 0 Å². The zero-order valence-electron chi connectivity index (χ0n) is 15.2. The Bertz CT molecular complexity index is 844. The molecule has 2 aromatic carbocycles. The molecule has 0 amide bonds. The summed E-state index contributed by atoms with van der Waals surface area (Å²) in [7, 11) is 2.95. The van der Waals surface area contributed by atoms with E-state index in [1.165, 1.54) is 20.3 Å². The van der Waals surface area contributed by atoms with Crippen molar-refractivity contribution in [2.24, 2.45) is 0 Å². The lowest BCUT2D eigenvalue weighted by Gasteiger charge is -2.11. The first-order valence-electron chi connectivity index (χ1n) is 8.44. The second-order valence-electron chi connectivity index (χ2n) is 5.78. The summed E-state index contributed by atoms with van der Waals surface area (Å²) < 4.78 is 26.5. The molecule has 0 fully saturated rings. The fraction of sp³-hybridized carbons (Fsp3) is 0.300. The van der Waals surface area contributed by atoms with Crippen molar-refractivity contribution in [2.75, 3.05) is 34.0 Å². The molecule has 0 N–H and O–H groups in total. The van der Waals surface area contributed by atoms with Crippen LogP contribution in [0, 0.1) is 0 Å². The van der Waals surface area contributed by atoms with E-state index in [0.717, 1.165) is 6.42 Å². The van der Waals surface area contributed by atoms with Crippen molar-refractivity contribution in [3.8, 4) is 23.0 Å². The topological polar surface area (TPSA) is 80.3 Å². The third-order valence-corrected chi connectivity index (χ3v) is 4.03. The molecule has 1 aliphatic heterocycles. The second kappa shape index (κ2) is 8.44. The number of Topliss-reactive ketones (excluding diaryl/α,β-unsaturated/α-hetero) is 1. The van der Waals surface area contributed by atoms with Crippen LogP contribution in [0.15, 0.2) is 36.4 Å². The first kappa shape index (κ1) is 18.6. The zero-order valence-corrected chi connectivity index (χ0v) is 15.2. The lowest BCUT2D eigenvalue weighted by Crippen LogP contribution is -2.15. The molecule has 0 saturated carbocycles. The Morgan fingerprint density at radius 1 is 0.963 bits per heavy atom. The summed E-state index contributed by atoms with van der Waals surface area (Å²) in [4.78, 5) is 24.7. The van der Waals surface area contributed by atoms with Crippen molar-refractivity contribution in [1.29, 1.82) is 0 Å². The molecule has 0 aromatic heterocycles. The van der Waals surface area contributed by atoms with Gasteiger partial charge in [-0.25, -0.2) is 4.79 Å². The fourth-order valence-corrected chi connectivity index (χ4v) is 2.60. The third kappa shape index (κ3) is 4.31. The van der Waals surface area contributed by atoms with Gasteiger partial charge < -0.3 is 23.7 Å². The van der Waals surface area contributed by atoms with Crippen LogP contribution in [0.1, 0.15) is 27.1 Å². The quantitative estimate of drug-likeness (QED) is 0.570. The Labute approximate surface area is 156 Å². The van der Waals surface area contributed by atoms with Crippen molar-refractivity contribution in [1.82, 2.24) is 0 Å². The van der Waals surface area contributed by atoms with Crippen LogP contribution < -0.4 is 18.9 Å². The molecule has 142 valence electrons. The van der Waals surface area contributed by atoms with E-state index in [4.69, 9.17) is 23.7 Å². The summed E-state index contributed by atoms with van der Waals surface area (Å²) in [6.07, 6.45) is 0.777. The number of ether oxygens (including phenoxy) is 5. The number of carbonyl (C=O) groups is 2. The van der Waals surface area contributed by atoms with Crippen LogP contribution in [0.25, 0.3) is 0 Å². The Morgan fingerprint density at radius 3 is 2.48 bits per heavy atom. The average Bonchev–Trinajstić information content (AvgIpc) is 2.95. The summed E-state index contributed by atoms with van der Waals surface area (Å²) >= 11 is 0. The van der Waals surface area contributed by atoms with Crippen LogP contribution in [0.5, 0.6) is 23.0 Å². The van der Waals surface area contributed by atoms with Gasteiger partial charge in [0, 0.05) is 18.1 Å². The standard InChI is InChI=1S/C20H20O7/c1-23-14-5-6-15(18(11-14)24-2)20(22)27-12-16(21)13-4-7-17-19(10-13)26-9-3-8-25-17/h4-7,10-11H,3,8-9,12H2,1-2H3. The number of benzene rings is 2. The highest BCUT2D eigenvalue weighted by Crippen LogP contribution is 2.30. The largest absolute Gasteiger partial charge is 0.497 e. The van der Waals surface area contributed by atoms with Crippen molar-refractivity contribution < 1.29 is 33.3 Å². The van der Waals surface area contributed by atoms with E-state index in [1.807, 2.05) is 0 Å². The van der Waals surface area contributed by atoms with E-state index >= 15 is 0 Å². The molecule has 27 heavy (non-hydrogen) atoms. The Morgan fingerprint density at radius 2 is 1.74 bits per heavy atom. The first-order chi connectivity index (χ1) is 13.1. The highest BCUT2D eigenvalue weighted by Gasteiger charge is 2.18. The van der Waals surface area contributed by atoms with Crippen LogP contribution in [0.4, 0.5) is 0 Å². The second-order valence-corrected chi connectivity index (χ2v) is 5.78. The highest BCUT2D eigenvalue weighted by molar-refractivity contribution is 6.00. The monoisotopic (exact) mass is 372 g/mol. The maximum atomic E-state index is 12.4. The van der Waals surface area contributed by atoms with Crippen molar-refractivity contribution in [2.45, 2.75) is 6.42 Å². The molecule has 0 bridgehead atoms. The molecule has 1 heterocycles. The molecule has 0 saturated heterocycles. The average molecular weight is 372 g/mol. The molecule has 0 atom stereocenters. The Kier molecular flexibility index (Phi) is 5.80. The minimum absolute atomic E-state index is 0.213. The molecule has 7 nitrogen and oxygen atoms in total. The van der Waals surface area contributed by atoms with E-state index in [2.05, 4.69) is 0 Å². The van der Waals surface area contributed by atoms with Crippen molar-refractivity contribution >= 4 is 11.8 Å². The summed E-state index contributed by atoms with van der Waals surface area (Å²) in [5.41, 5.74) is 0.596. The zero-order chi connectivity index (χ0) is 19.2. The summed E-state index contributed by atoms with van der Waals surface area (Å²) in [6, 6.07) is 9.62. The van der Waals surface area contributed by atoms with Crippen LogP contribution in [0.2, 0.25) is 0 Å². The number of fused-ring (bicyclic) bond motifs is 1. The third-order valence-electron chi connectivity index (χ3n) is 4.03. The number of methoxy groups -OCH3 is 2. The van der Waals surface area contributed by atoms with Crippen LogP contribution >= 0.6 is 0 Å². The maximum Gasteiger partial charge on any atom is 0.342 e. The van der Waals surface area contributed by atoms with Gasteiger partial charge in [0.25, 0.3) is 0 Å². The van der Waals surface area contributed by atoms with Gasteiger partial charge in [0.15, 0.2) is 23.9 Å². The molecular formula is C20H20O7. The number of esters is 1. The predicted octanol–water partition coefficient (Wildman–Crippen LogP) is 2.90. The minimum Gasteiger partial charge on any atom is -0.497 e. The minimum atomic E-state index is -0.655. The van der Waals surface area contributed by atoms with Crippen LogP contribution in [-0.2, 0) is 4.74 Å². The van der Waals surface area contributed by atoms with E-state index in [0.29, 0.717) is 41.8 Å². The number of rotatable bonds is 6. The normalized spacial score (nSPS) is 12.7. The molecular weight excluding hydrogens is 352 g/mol. The maximum absolute atomic E-state index is 12.4. The fourth-order valence-electron chi connectivity index (χ4n) is 2.60. The molecule has 0 unspecified atom stereocenters. The Hall–Kier alpha value is -3.22. The predicted molar refractivity (Wildman–Crippen MR) is 96.2 cm³/mol. The molecule has 3 rings (SSSR count). The van der Waals surface area contributed by atoms with E-state index < -0.39 is 12.6 Å². The van der Waals surface area contributed by atoms with E-state index in [1.54, 1.807) is 30.3 Å². The van der Waals surface area contributed by atoms with Gasteiger partial charge in [-0.3, -0.25) is 4.79 Å². The number of hydrogen-bond acceptors (Lipinski definition) is 7. The molecule has 0 aliphatic carbocycles. The molecule has 7 heteroatoms. The SMILES string of the molecule is COc1ccc(C(=O)OCC(=O)c2ccc3c(c2)OCCCO3)c(OC)c1. The van der Waals surface area contributed by atoms with Crippen LogP contribution in [0.3, 0.4) is 0 Å². The van der Waals surface area contributed by atoms with E-state index in [-0.39, 0.29) is 11.3 Å². The molecule has 0 spiro atoms. The van der Waals surface area contributed by atoms with Gasteiger partial charge >= 0.3 is 5.97 Å². The summed E-state index contributed by atoms with van der Waals surface area (Å²) in [5, 5.41) is 0.